The van der Waals surface area contributed by atoms with Crippen molar-refractivity contribution in [2.24, 2.45) is 17.8 Å². The molecule has 1 saturated carbocycles. The summed E-state index contributed by atoms with van der Waals surface area (Å²) in [5.41, 5.74) is 0. The number of rotatable bonds is 1. The third-order valence-electron chi connectivity index (χ3n) is 3.89. The first kappa shape index (κ1) is 9.47. The molecular formula is C11H21NO. The number of hydrogen-bond donors (Lipinski definition) is 2. The van der Waals surface area contributed by atoms with Crippen LogP contribution < -0.4 is 5.32 Å². The van der Waals surface area contributed by atoms with Gasteiger partial charge in [-0.1, -0.05) is 19.8 Å². The molecule has 0 aromatic carbocycles. The van der Waals surface area contributed by atoms with Crippen LogP contribution in [0, 0.1) is 17.8 Å². The summed E-state index contributed by atoms with van der Waals surface area (Å²) in [5.74, 6) is 2.26. The summed E-state index contributed by atoms with van der Waals surface area (Å²) in [5, 5.41) is 13.0. The number of aliphatic hydroxyl groups is 1. The van der Waals surface area contributed by atoms with Crippen LogP contribution in [0.25, 0.3) is 0 Å². The molecule has 2 heteroatoms. The van der Waals surface area contributed by atoms with E-state index in [0.29, 0.717) is 5.92 Å². The van der Waals surface area contributed by atoms with E-state index in [0.717, 1.165) is 24.9 Å². The first-order valence-electron chi connectivity index (χ1n) is 5.66. The van der Waals surface area contributed by atoms with Gasteiger partial charge < -0.3 is 10.4 Å². The molecule has 2 fully saturated rings. The molecule has 0 spiro atoms. The molecule has 0 aromatic rings. The van der Waals surface area contributed by atoms with E-state index in [1.807, 2.05) is 0 Å². The van der Waals surface area contributed by atoms with E-state index in [4.69, 9.17) is 0 Å². The fraction of sp³-hybridized carbons (Fsp3) is 1.00. The Morgan fingerprint density at radius 3 is 2.31 bits per heavy atom. The second kappa shape index (κ2) is 3.97. The molecule has 1 saturated heterocycles. The highest BCUT2D eigenvalue weighted by atomic mass is 16.3. The summed E-state index contributed by atoms with van der Waals surface area (Å²) < 4.78 is 0. The van der Waals surface area contributed by atoms with Gasteiger partial charge in [0.2, 0.25) is 0 Å². The summed E-state index contributed by atoms with van der Waals surface area (Å²) in [6.45, 7) is 4.20. The lowest BCUT2D eigenvalue weighted by molar-refractivity contribution is 0.0901. The molecule has 0 radical (unpaired) electrons. The molecule has 76 valence electrons. The first-order valence-corrected chi connectivity index (χ1v) is 5.66. The summed E-state index contributed by atoms with van der Waals surface area (Å²) in [6.07, 6.45) is 5.34. The first-order chi connectivity index (χ1) is 6.27. The van der Waals surface area contributed by atoms with Crippen LogP contribution in [0.5, 0.6) is 0 Å². The highest BCUT2D eigenvalue weighted by Gasteiger charge is 2.33. The number of hydrogen-bond acceptors (Lipinski definition) is 2. The van der Waals surface area contributed by atoms with Crippen LogP contribution >= 0.6 is 0 Å². The molecule has 0 aromatic heterocycles. The molecule has 13 heavy (non-hydrogen) atoms. The Morgan fingerprint density at radius 2 is 1.77 bits per heavy atom. The third-order valence-corrected chi connectivity index (χ3v) is 3.89. The van der Waals surface area contributed by atoms with E-state index in [1.54, 1.807) is 0 Å². The summed E-state index contributed by atoms with van der Waals surface area (Å²) in [4.78, 5) is 0. The van der Waals surface area contributed by atoms with Gasteiger partial charge >= 0.3 is 0 Å². The molecule has 2 nitrogen and oxygen atoms in total. The Hall–Kier alpha value is -0.0800. The van der Waals surface area contributed by atoms with Gasteiger partial charge in [-0.15, -0.1) is 0 Å². The summed E-state index contributed by atoms with van der Waals surface area (Å²) in [6, 6.07) is 0. The molecule has 0 unspecified atom stereocenters. The molecule has 1 aliphatic carbocycles. The second-order valence-electron chi connectivity index (χ2n) is 4.91. The lowest BCUT2D eigenvalue weighted by atomic mass is 9.75. The van der Waals surface area contributed by atoms with Crippen LogP contribution in [0.2, 0.25) is 0 Å². The van der Waals surface area contributed by atoms with Gasteiger partial charge in [0.15, 0.2) is 0 Å². The van der Waals surface area contributed by atoms with Crippen LogP contribution in [0.4, 0.5) is 0 Å². The molecule has 1 aliphatic heterocycles. The van der Waals surface area contributed by atoms with E-state index in [1.165, 1.54) is 25.7 Å². The van der Waals surface area contributed by atoms with Crippen molar-refractivity contribution in [2.45, 2.75) is 38.7 Å². The Labute approximate surface area is 80.7 Å². The van der Waals surface area contributed by atoms with Gasteiger partial charge in [-0.25, -0.2) is 0 Å². The molecule has 1 heterocycles. The minimum absolute atomic E-state index is 0.0709. The summed E-state index contributed by atoms with van der Waals surface area (Å²) >= 11 is 0. The molecule has 2 rings (SSSR count). The normalized spacial score (nSPS) is 46.6. The predicted octanol–water partition coefficient (Wildman–Crippen LogP) is 1.39. The van der Waals surface area contributed by atoms with Gasteiger partial charge in [0.1, 0.15) is 0 Å². The number of nitrogens with one attached hydrogen (secondary N) is 1. The monoisotopic (exact) mass is 183 g/mol. The highest BCUT2D eigenvalue weighted by molar-refractivity contribution is 4.87. The average Bonchev–Trinajstić information content (AvgIpc) is 2.53. The average molecular weight is 183 g/mol. The molecule has 0 amide bonds. The van der Waals surface area contributed by atoms with E-state index in [2.05, 4.69) is 12.2 Å². The Balaban J connectivity index is 1.86. The van der Waals surface area contributed by atoms with Crippen LogP contribution in [-0.2, 0) is 0 Å². The zero-order chi connectivity index (χ0) is 9.26. The third kappa shape index (κ3) is 2.05. The largest absolute Gasteiger partial charge is 0.391 e. The SMILES string of the molecule is CC1CCC([C@@H]2CNC[C@H]2O)CC1. The van der Waals surface area contributed by atoms with Crippen LogP contribution in [-0.4, -0.2) is 24.3 Å². The van der Waals surface area contributed by atoms with Gasteiger partial charge in [-0.2, -0.15) is 0 Å². The van der Waals surface area contributed by atoms with Crippen molar-refractivity contribution in [3.63, 3.8) is 0 Å². The molecule has 2 N–H and O–H groups in total. The van der Waals surface area contributed by atoms with Crippen molar-refractivity contribution in [3.05, 3.63) is 0 Å². The standard InChI is InChI=1S/C11H21NO/c1-8-2-4-9(5-3-8)10-6-12-7-11(10)13/h8-13H,2-7H2,1H3/t8?,9?,10-,11+/m0/s1. The van der Waals surface area contributed by atoms with Crippen molar-refractivity contribution >= 4 is 0 Å². The van der Waals surface area contributed by atoms with Gasteiger partial charge in [0.25, 0.3) is 0 Å². The predicted molar refractivity (Wildman–Crippen MR) is 53.5 cm³/mol. The van der Waals surface area contributed by atoms with Crippen molar-refractivity contribution < 1.29 is 5.11 Å². The Kier molecular flexibility index (Phi) is 2.89. The van der Waals surface area contributed by atoms with Crippen molar-refractivity contribution in [1.82, 2.24) is 5.32 Å². The molecule has 2 atom stereocenters. The topological polar surface area (TPSA) is 32.3 Å². The quantitative estimate of drug-likeness (QED) is 0.644. The van der Waals surface area contributed by atoms with Crippen molar-refractivity contribution in [3.8, 4) is 0 Å². The van der Waals surface area contributed by atoms with Crippen molar-refractivity contribution in [1.29, 1.82) is 0 Å². The minimum Gasteiger partial charge on any atom is -0.391 e. The fourth-order valence-electron chi connectivity index (χ4n) is 2.88. The van der Waals surface area contributed by atoms with Crippen LogP contribution in [0.1, 0.15) is 32.6 Å². The second-order valence-corrected chi connectivity index (χ2v) is 4.91. The highest BCUT2D eigenvalue weighted by Crippen LogP contribution is 2.35. The van der Waals surface area contributed by atoms with Gasteiger partial charge in [0.05, 0.1) is 6.10 Å². The van der Waals surface area contributed by atoms with Crippen molar-refractivity contribution in [2.75, 3.05) is 13.1 Å². The van der Waals surface area contributed by atoms with E-state index in [9.17, 15) is 5.11 Å². The van der Waals surface area contributed by atoms with Gasteiger partial charge in [-0.05, 0) is 24.7 Å². The van der Waals surface area contributed by atoms with Crippen LogP contribution in [0.15, 0.2) is 0 Å². The zero-order valence-electron chi connectivity index (χ0n) is 8.50. The fourth-order valence-corrected chi connectivity index (χ4v) is 2.88. The maximum Gasteiger partial charge on any atom is 0.0707 e. The Morgan fingerprint density at radius 1 is 1.08 bits per heavy atom. The van der Waals surface area contributed by atoms with E-state index >= 15 is 0 Å². The molecule has 0 bridgehead atoms. The lowest BCUT2D eigenvalue weighted by Gasteiger charge is -2.31. The molecule has 2 aliphatic rings. The zero-order valence-corrected chi connectivity index (χ0v) is 8.50. The van der Waals surface area contributed by atoms with Gasteiger partial charge in [-0.3, -0.25) is 0 Å². The smallest absolute Gasteiger partial charge is 0.0707 e. The number of aliphatic hydroxyl groups excluding tert-OH is 1. The van der Waals surface area contributed by atoms with E-state index in [-0.39, 0.29) is 6.10 Å². The van der Waals surface area contributed by atoms with Gasteiger partial charge in [0, 0.05) is 19.0 Å². The number of β-amino-alcohol motifs (C(OH)–C–C–N with tert-alkyl or cyclic N) is 1. The van der Waals surface area contributed by atoms with E-state index < -0.39 is 0 Å². The lowest BCUT2D eigenvalue weighted by Crippen LogP contribution is -2.29. The maximum absolute atomic E-state index is 9.74. The van der Waals surface area contributed by atoms with Crippen LogP contribution in [0.3, 0.4) is 0 Å². The molecular weight excluding hydrogens is 162 g/mol. The maximum atomic E-state index is 9.74. The minimum atomic E-state index is -0.0709. The Bertz CT molecular complexity index is 163. The summed E-state index contributed by atoms with van der Waals surface area (Å²) in [7, 11) is 0.